The standard InChI is InChI=1S/C15H24O15P2/c1-7(16)25-5-11-12(26-8(2)17)13(27-9(3)18)14(28-10(4)19)15(29-11)30-32(23,24)6-31(20,21)22/h11-15H,5-6H2,1-4H3,(H,23,24)(H2,20,21,22)/t11-,12+,13+,14-,15?/m1/s1. The Morgan fingerprint density at radius 2 is 1.25 bits per heavy atom. The largest absolute Gasteiger partial charge is 0.463 e. The van der Waals surface area contributed by atoms with E-state index in [-0.39, 0.29) is 0 Å². The minimum Gasteiger partial charge on any atom is -0.463 e. The fraction of sp³-hybridized carbons (Fsp3) is 0.733. The second kappa shape index (κ2) is 11.3. The molecule has 17 heteroatoms. The molecule has 0 aliphatic carbocycles. The molecule has 2 unspecified atom stereocenters. The number of esters is 4. The normalized spacial score (nSPS) is 27.5. The van der Waals surface area contributed by atoms with Crippen LogP contribution in [-0.4, -0.2) is 81.8 Å². The maximum atomic E-state index is 12.2. The van der Waals surface area contributed by atoms with Crippen LogP contribution in [0.1, 0.15) is 27.7 Å². The van der Waals surface area contributed by atoms with Crippen LogP contribution in [0.25, 0.3) is 0 Å². The molecule has 1 aliphatic heterocycles. The smallest absolute Gasteiger partial charge is 0.342 e. The molecular weight excluding hydrogens is 482 g/mol. The zero-order valence-corrected chi connectivity index (χ0v) is 19.2. The van der Waals surface area contributed by atoms with Crippen molar-refractivity contribution in [3.8, 4) is 0 Å². The number of ether oxygens (including phenoxy) is 5. The summed E-state index contributed by atoms with van der Waals surface area (Å²) >= 11 is 0. The molecule has 1 aliphatic rings. The quantitative estimate of drug-likeness (QED) is 0.202. The predicted molar refractivity (Wildman–Crippen MR) is 99.8 cm³/mol. The third-order valence-corrected chi connectivity index (χ3v) is 7.02. The van der Waals surface area contributed by atoms with Gasteiger partial charge in [-0.2, -0.15) is 0 Å². The van der Waals surface area contributed by atoms with Gasteiger partial charge in [-0.1, -0.05) is 0 Å². The van der Waals surface area contributed by atoms with Gasteiger partial charge in [0.1, 0.15) is 12.7 Å². The molecule has 1 rings (SSSR count). The van der Waals surface area contributed by atoms with E-state index in [0.717, 1.165) is 27.7 Å². The average molecular weight is 506 g/mol. The van der Waals surface area contributed by atoms with Crippen molar-refractivity contribution in [2.45, 2.75) is 58.4 Å². The Balaban J connectivity index is 3.43. The maximum absolute atomic E-state index is 12.2. The summed E-state index contributed by atoms with van der Waals surface area (Å²) in [4.78, 5) is 73.9. The Labute approximate surface area is 181 Å². The van der Waals surface area contributed by atoms with Gasteiger partial charge in [-0.3, -0.25) is 32.8 Å². The molecule has 0 amide bonds. The van der Waals surface area contributed by atoms with Gasteiger partial charge in [0.05, 0.1) is 0 Å². The highest BCUT2D eigenvalue weighted by molar-refractivity contribution is 7.70. The van der Waals surface area contributed by atoms with Crippen LogP contribution in [0.15, 0.2) is 0 Å². The molecule has 0 aromatic heterocycles. The fourth-order valence-electron chi connectivity index (χ4n) is 2.70. The van der Waals surface area contributed by atoms with E-state index in [4.69, 9.17) is 38.0 Å². The number of rotatable bonds is 9. The van der Waals surface area contributed by atoms with Gasteiger partial charge in [0.25, 0.3) is 0 Å². The Morgan fingerprint density at radius 3 is 1.69 bits per heavy atom. The number of hydrogen-bond donors (Lipinski definition) is 3. The molecule has 3 N–H and O–H groups in total. The molecule has 0 bridgehead atoms. The van der Waals surface area contributed by atoms with Gasteiger partial charge < -0.3 is 38.4 Å². The summed E-state index contributed by atoms with van der Waals surface area (Å²) in [6.07, 6.45) is -8.52. The summed E-state index contributed by atoms with van der Waals surface area (Å²) in [5, 5.41) is 0. The molecule has 15 nitrogen and oxygen atoms in total. The zero-order valence-electron chi connectivity index (χ0n) is 17.4. The Hall–Kier alpha value is -1.86. The van der Waals surface area contributed by atoms with Crippen LogP contribution in [-0.2, 0) is 56.5 Å². The molecule has 6 atom stereocenters. The minimum absolute atomic E-state index is 0.619. The van der Waals surface area contributed by atoms with Crippen LogP contribution < -0.4 is 0 Å². The lowest BCUT2D eigenvalue weighted by atomic mass is 9.98. The third-order valence-electron chi connectivity index (χ3n) is 3.58. The molecule has 0 saturated carbocycles. The van der Waals surface area contributed by atoms with Gasteiger partial charge >= 0.3 is 39.1 Å². The van der Waals surface area contributed by atoms with Crippen molar-refractivity contribution in [3.05, 3.63) is 0 Å². The van der Waals surface area contributed by atoms with E-state index in [1.807, 2.05) is 0 Å². The van der Waals surface area contributed by atoms with Crippen molar-refractivity contribution in [3.63, 3.8) is 0 Å². The van der Waals surface area contributed by atoms with Crippen LogP contribution in [0.5, 0.6) is 0 Å². The minimum atomic E-state index is -5.07. The van der Waals surface area contributed by atoms with E-state index < -0.39 is 82.3 Å². The summed E-state index contributed by atoms with van der Waals surface area (Å²) in [6, 6.07) is 0. The molecule has 1 heterocycles. The summed E-state index contributed by atoms with van der Waals surface area (Å²) in [5.74, 6) is -5.22. The van der Waals surface area contributed by atoms with E-state index in [0.29, 0.717) is 0 Å². The number of carbonyl (C=O) groups is 4. The first-order valence-electron chi connectivity index (χ1n) is 8.86. The number of hydrogen-bond acceptors (Lipinski definition) is 12. The topological polar surface area (TPSA) is 218 Å². The van der Waals surface area contributed by atoms with Crippen LogP contribution in [0.3, 0.4) is 0 Å². The second-order valence-corrected chi connectivity index (χ2v) is 10.6. The van der Waals surface area contributed by atoms with Crippen LogP contribution >= 0.6 is 15.2 Å². The highest BCUT2D eigenvalue weighted by Gasteiger charge is 2.54. The van der Waals surface area contributed by atoms with Crippen molar-refractivity contribution >= 4 is 39.1 Å². The van der Waals surface area contributed by atoms with E-state index in [2.05, 4.69) is 0 Å². The molecule has 0 radical (unpaired) electrons. The highest BCUT2D eigenvalue weighted by Crippen LogP contribution is 2.56. The van der Waals surface area contributed by atoms with Crippen molar-refractivity contribution in [1.29, 1.82) is 0 Å². The van der Waals surface area contributed by atoms with Crippen molar-refractivity contribution in [1.82, 2.24) is 0 Å². The van der Waals surface area contributed by atoms with Crippen molar-refractivity contribution in [2.24, 2.45) is 0 Å². The van der Waals surface area contributed by atoms with E-state index in [1.54, 1.807) is 0 Å². The molecule has 184 valence electrons. The molecule has 0 spiro atoms. The lowest BCUT2D eigenvalue weighted by Crippen LogP contribution is -2.62. The molecule has 0 aromatic rings. The Kier molecular flexibility index (Phi) is 9.97. The Bertz CT molecular complexity index is 820. The first-order chi connectivity index (χ1) is 14.5. The molecular formula is C15H24O15P2. The van der Waals surface area contributed by atoms with Gasteiger partial charge in [-0.05, 0) is 0 Å². The van der Waals surface area contributed by atoms with Crippen LogP contribution in [0, 0.1) is 0 Å². The maximum Gasteiger partial charge on any atom is 0.342 e. The first-order valence-corrected chi connectivity index (χ1v) is 12.4. The van der Waals surface area contributed by atoms with Gasteiger partial charge in [-0.15, -0.1) is 0 Å². The van der Waals surface area contributed by atoms with E-state index in [1.165, 1.54) is 0 Å². The second-order valence-electron chi connectivity index (χ2n) is 6.62. The monoisotopic (exact) mass is 506 g/mol. The lowest BCUT2D eigenvalue weighted by Gasteiger charge is -2.44. The lowest BCUT2D eigenvalue weighted by molar-refractivity contribution is -0.289. The summed E-state index contributed by atoms with van der Waals surface area (Å²) < 4.78 is 53.6. The molecule has 1 fully saturated rings. The average Bonchev–Trinajstić information content (AvgIpc) is 2.54. The third kappa shape index (κ3) is 9.74. The van der Waals surface area contributed by atoms with Gasteiger partial charge in [-0.25, -0.2) is 0 Å². The molecule has 0 aromatic carbocycles. The SMILES string of the molecule is CC(=O)OC[C@H]1OC(OP(=O)(O)CP(=O)(O)O)[C@H](OC(C)=O)[C@@H](OC(C)=O)[C@H]1OC(C)=O. The Morgan fingerprint density at radius 1 is 0.781 bits per heavy atom. The molecule has 32 heavy (non-hydrogen) atoms. The van der Waals surface area contributed by atoms with Gasteiger partial charge in [0.2, 0.25) is 6.29 Å². The van der Waals surface area contributed by atoms with Gasteiger partial charge in [0, 0.05) is 27.7 Å². The summed E-state index contributed by atoms with van der Waals surface area (Å²) in [5.41, 5.74) is 0. The van der Waals surface area contributed by atoms with Crippen LogP contribution in [0.2, 0.25) is 0 Å². The zero-order chi connectivity index (χ0) is 24.9. The molecule has 1 saturated heterocycles. The van der Waals surface area contributed by atoms with Crippen LogP contribution in [0.4, 0.5) is 0 Å². The van der Waals surface area contributed by atoms with Gasteiger partial charge in [0.15, 0.2) is 24.2 Å². The van der Waals surface area contributed by atoms with Crippen molar-refractivity contribution < 1.29 is 71.2 Å². The first kappa shape index (κ1) is 28.2. The number of carbonyl (C=O) groups excluding carboxylic acids is 4. The van der Waals surface area contributed by atoms with E-state index in [9.17, 15) is 33.2 Å². The summed E-state index contributed by atoms with van der Waals surface area (Å²) in [7, 11) is -10.1. The summed E-state index contributed by atoms with van der Waals surface area (Å²) in [6.45, 7) is 3.32. The predicted octanol–water partition coefficient (Wildman–Crippen LogP) is -0.593. The fourth-order valence-corrected chi connectivity index (χ4v) is 5.33. The highest BCUT2D eigenvalue weighted by atomic mass is 31.2. The van der Waals surface area contributed by atoms with E-state index >= 15 is 0 Å². The van der Waals surface area contributed by atoms with Crippen molar-refractivity contribution in [2.75, 3.05) is 12.5 Å².